The molecule has 0 aromatic heterocycles. The van der Waals surface area contributed by atoms with Gasteiger partial charge in [-0.05, 0) is 49.2 Å². The van der Waals surface area contributed by atoms with Crippen molar-refractivity contribution in [2.24, 2.45) is 0 Å². The average Bonchev–Trinajstić information content (AvgIpc) is 2.89. The summed E-state index contributed by atoms with van der Waals surface area (Å²) < 4.78 is 11.4. The summed E-state index contributed by atoms with van der Waals surface area (Å²) in [5, 5.41) is 27.1. The molecule has 0 spiro atoms. The maximum absolute atomic E-state index is 10.2. The van der Waals surface area contributed by atoms with Crippen LogP contribution in [0.2, 0.25) is 0 Å². The fraction of sp³-hybridized carbons (Fsp3) is 0.357. The molecule has 6 heteroatoms. The van der Waals surface area contributed by atoms with E-state index in [1.807, 2.05) is 36.4 Å². The zero-order chi connectivity index (χ0) is 24.2. The molecule has 0 heterocycles. The van der Waals surface area contributed by atoms with Crippen LogP contribution in [0.4, 0.5) is 0 Å². The van der Waals surface area contributed by atoms with Gasteiger partial charge in [-0.25, -0.2) is 0 Å². The molecule has 0 amide bonds. The smallest absolute Gasteiger partial charge is 0.119 e. The highest BCUT2D eigenvalue weighted by Crippen LogP contribution is 2.18. The van der Waals surface area contributed by atoms with Crippen LogP contribution >= 0.6 is 0 Å². The summed E-state index contributed by atoms with van der Waals surface area (Å²) in [5.74, 6) is 1.31. The van der Waals surface area contributed by atoms with Gasteiger partial charge in [-0.2, -0.15) is 0 Å². The predicted octanol–water partition coefficient (Wildman–Crippen LogP) is 3.87. The first-order valence-electron chi connectivity index (χ1n) is 11.8. The Hall–Kier alpha value is -2.90. The fourth-order valence-corrected chi connectivity index (χ4v) is 3.48. The molecule has 182 valence electrons. The Balaban J connectivity index is 1.32. The van der Waals surface area contributed by atoms with Gasteiger partial charge in [0.15, 0.2) is 0 Å². The molecule has 34 heavy (non-hydrogen) atoms. The van der Waals surface area contributed by atoms with Gasteiger partial charge in [0.05, 0.1) is 0 Å². The molecule has 0 bridgehead atoms. The zero-order valence-corrected chi connectivity index (χ0v) is 19.9. The Morgan fingerprint density at radius 3 is 1.29 bits per heavy atom. The van der Waals surface area contributed by atoms with Crippen LogP contribution in [0.1, 0.15) is 37.1 Å². The van der Waals surface area contributed by atoms with E-state index in [1.165, 1.54) is 11.1 Å². The van der Waals surface area contributed by atoms with Crippen LogP contribution < -0.4 is 20.1 Å². The monoisotopic (exact) mass is 464 g/mol. The van der Waals surface area contributed by atoms with Crippen LogP contribution in [0.3, 0.4) is 0 Å². The normalized spacial score (nSPS) is 14.7. The highest BCUT2D eigenvalue weighted by molar-refractivity contribution is 5.31. The van der Waals surface area contributed by atoms with Crippen molar-refractivity contribution in [3.05, 3.63) is 96.1 Å². The van der Waals surface area contributed by atoms with Gasteiger partial charge in [0.1, 0.15) is 36.9 Å². The van der Waals surface area contributed by atoms with Crippen molar-refractivity contribution < 1.29 is 19.7 Å². The minimum absolute atomic E-state index is 0.152. The number of ether oxygens (including phenoxy) is 2. The second-order valence-electron chi connectivity index (χ2n) is 8.48. The molecule has 0 unspecified atom stereocenters. The second-order valence-corrected chi connectivity index (χ2v) is 8.48. The van der Waals surface area contributed by atoms with E-state index in [0.29, 0.717) is 24.6 Å². The Labute approximate surface area is 202 Å². The minimum atomic E-state index is -0.622. The third-order valence-electron chi connectivity index (χ3n) is 5.63. The lowest BCUT2D eigenvalue weighted by Crippen LogP contribution is -2.33. The van der Waals surface area contributed by atoms with E-state index in [4.69, 9.17) is 9.47 Å². The second kappa shape index (κ2) is 13.7. The SMILES string of the molecule is C[C@@H](NC[C@@H](O)COc1ccc(OC[C@H](O)CN[C@H](C)c2ccccc2)cc1)c1ccccc1. The first kappa shape index (κ1) is 25.7. The van der Waals surface area contributed by atoms with Crippen molar-refractivity contribution in [3.8, 4) is 11.5 Å². The Morgan fingerprint density at radius 1 is 0.588 bits per heavy atom. The molecule has 3 aromatic rings. The van der Waals surface area contributed by atoms with E-state index in [0.717, 1.165) is 0 Å². The van der Waals surface area contributed by atoms with Gasteiger partial charge < -0.3 is 30.3 Å². The number of rotatable bonds is 14. The molecule has 0 aliphatic carbocycles. The largest absolute Gasteiger partial charge is 0.491 e. The Morgan fingerprint density at radius 2 is 0.941 bits per heavy atom. The zero-order valence-electron chi connectivity index (χ0n) is 19.9. The molecule has 0 saturated carbocycles. The summed E-state index contributed by atoms with van der Waals surface area (Å²) in [6.45, 7) is 5.40. The number of aliphatic hydroxyl groups is 2. The van der Waals surface area contributed by atoms with Crippen molar-refractivity contribution in [2.75, 3.05) is 26.3 Å². The van der Waals surface area contributed by atoms with E-state index in [2.05, 4.69) is 48.7 Å². The van der Waals surface area contributed by atoms with Gasteiger partial charge >= 0.3 is 0 Å². The molecule has 0 aliphatic rings. The topological polar surface area (TPSA) is 83.0 Å². The third-order valence-corrected chi connectivity index (χ3v) is 5.63. The van der Waals surface area contributed by atoms with E-state index < -0.39 is 12.2 Å². The highest BCUT2D eigenvalue weighted by atomic mass is 16.5. The summed E-state index contributed by atoms with van der Waals surface area (Å²) in [6.07, 6.45) is -1.24. The lowest BCUT2D eigenvalue weighted by Gasteiger charge is -2.18. The van der Waals surface area contributed by atoms with Crippen LogP contribution in [0.25, 0.3) is 0 Å². The molecular weight excluding hydrogens is 428 g/mol. The summed E-state index contributed by atoms with van der Waals surface area (Å²) in [7, 11) is 0. The average molecular weight is 465 g/mol. The summed E-state index contributed by atoms with van der Waals surface area (Å²) in [5.41, 5.74) is 2.36. The maximum atomic E-state index is 10.2. The van der Waals surface area contributed by atoms with Crippen LogP contribution in [0, 0.1) is 0 Å². The maximum Gasteiger partial charge on any atom is 0.119 e. The molecule has 4 N–H and O–H groups in total. The van der Waals surface area contributed by atoms with Crippen LogP contribution in [0.5, 0.6) is 11.5 Å². The van der Waals surface area contributed by atoms with Crippen molar-refractivity contribution in [1.29, 1.82) is 0 Å². The molecule has 0 radical (unpaired) electrons. The Bertz CT molecular complexity index is 859. The van der Waals surface area contributed by atoms with Gasteiger partial charge in [0.25, 0.3) is 0 Å². The molecule has 4 atom stereocenters. The summed E-state index contributed by atoms with van der Waals surface area (Å²) in [6, 6.07) is 27.7. The molecular formula is C28H36N2O4. The minimum Gasteiger partial charge on any atom is -0.491 e. The van der Waals surface area contributed by atoms with Crippen molar-refractivity contribution in [1.82, 2.24) is 10.6 Å². The van der Waals surface area contributed by atoms with E-state index in [1.54, 1.807) is 24.3 Å². The molecule has 0 fully saturated rings. The first-order valence-corrected chi connectivity index (χ1v) is 11.8. The van der Waals surface area contributed by atoms with Gasteiger partial charge in [0, 0.05) is 25.2 Å². The summed E-state index contributed by atoms with van der Waals surface area (Å²) in [4.78, 5) is 0. The van der Waals surface area contributed by atoms with Crippen LogP contribution in [0.15, 0.2) is 84.9 Å². The van der Waals surface area contributed by atoms with Crippen molar-refractivity contribution in [2.45, 2.75) is 38.1 Å². The van der Waals surface area contributed by atoms with Crippen molar-refractivity contribution in [3.63, 3.8) is 0 Å². The van der Waals surface area contributed by atoms with Crippen LogP contribution in [-0.2, 0) is 0 Å². The third kappa shape index (κ3) is 8.80. The van der Waals surface area contributed by atoms with E-state index >= 15 is 0 Å². The lowest BCUT2D eigenvalue weighted by molar-refractivity contribution is 0.102. The number of aliphatic hydroxyl groups excluding tert-OH is 2. The molecule has 3 rings (SSSR count). The van der Waals surface area contributed by atoms with Crippen LogP contribution in [-0.4, -0.2) is 48.7 Å². The van der Waals surface area contributed by atoms with Gasteiger partial charge in [0.2, 0.25) is 0 Å². The van der Waals surface area contributed by atoms with E-state index in [9.17, 15) is 10.2 Å². The number of hydrogen-bond donors (Lipinski definition) is 4. The van der Waals surface area contributed by atoms with E-state index in [-0.39, 0.29) is 25.3 Å². The number of hydrogen-bond acceptors (Lipinski definition) is 6. The predicted molar refractivity (Wildman–Crippen MR) is 135 cm³/mol. The molecule has 6 nitrogen and oxygen atoms in total. The molecule has 3 aromatic carbocycles. The lowest BCUT2D eigenvalue weighted by atomic mass is 10.1. The molecule has 0 aliphatic heterocycles. The van der Waals surface area contributed by atoms with Gasteiger partial charge in [-0.3, -0.25) is 0 Å². The van der Waals surface area contributed by atoms with Crippen molar-refractivity contribution >= 4 is 0 Å². The number of benzene rings is 3. The molecule has 0 saturated heterocycles. The number of nitrogens with one attached hydrogen (secondary N) is 2. The first-order chi connectivity index (χ1) is 16.5. The van der Waals surface area contributed by atoms with Gasteiger partial charge in [-0.1, -0.05) is 60.7 Å². The summed E-state index contributed by atoms with van der Waals surface area (Å²) >= 11 is 0. The highest BCUT2D eigenvalue weighted by Gasteiger charge is 2.11. The quantitative estimate of drug-likeness (QED) is 0.290. The standard InChI is InChI=1S/C28H36N2O4/c1-21(23-9-5-3-6-10-23)29-17-25(31)19-33-27-13-15-28(16-14-27)34-20-26(32)18-30-22(2)24-11-7-4-8-12-24/h3-16,21-22,25-26,29-32H,17-20H2,1-2H3/t21-,22-,25-,26-/m1/s1. The fourth-order valence-electron chi connectivity index (χ4n) is 3.48. The Kier molecular flexibility index (Phi) is 10.4. The van der Waals surface area contributed by atoms with Gasteiger partial charge in [-0.15, -0.1) is 0 Å².